The van der Waals surface area contributed by atoms with Gasteiger partial charge in [-0.2, -0.15) is 0 Å². The highest BCUT2D eigenvalue weighted by Gasteiger charge is 2.23. The Hall–Kier alpha value is -3.07. The second-order valence-corrected chi connectivity index (χ2v) is 9.07. The van der Waals surface area contributed by atoms with E-state index < -0.39 is 22.6 Å². The van der Waals surface area contributed by atoms with Gasteiger partial charge in [0, 0.05) is 12.1 Å². The number of benzene rings is 2. The van der Waals surface area contributed by atoms with Gasteiger partial charge in [0.15, 0.2) is 6.61 Å². The monoisotopic (exact) mass is 448 g/mol. The van der Waals surface area contributed by atoms with E-state index in [1.54, 1.807) is 17.0 Å². The molecule has 0 saturated heterocycles. The van der Waals surface area contributed by atoms with Crippen molar-refractivity contribution < 1.29 is 27.5 Å². The van der Waals surface area contributed by atoms with Crippen molar-refractivity contribution in [3.05, 3.63) is 54.1 Å². The van der Waals surface area contributed by atoms with Crippen molar-refractivity contribution in [1.29, 1.82) is 0 Å². The predicted octanol–water partition coefficient (Wildman–Crippen LogP) is 3.30. The lowest BCUT2D eigenvalue weighted by Gasteiger charge is -2.30. The molecule has 0 fully saturated rings. The Labute approximate surface area is 183 Å². The molecule has 168 valence electrons. The first-order valence-corrected chi connectivity index (χ1v) is 11.3. The van der Waals surface area contributed by atoms with E-state index in [4.69, 9.17) is 9.47 Å². The Morgan fingerprint density at radius 1 is 0.968 bits per heavy atom. The van der Waals surface area contributed by atoms with Gasteiger partial charge in [-0.15, -0.1) is 0 Å². The molecule has 0 saturated carbocycles. The molecule has 0 unspecified atom stereocenters. The van der Waals surface area contributed by atoms with Crippen LogP contribution in [0.25, 0.3) is 0 Å². The summed E-state index contributed by atoms with van der Waals surface area (Å²) in [5.74, 6) is -0.604. The minimum atomic E-state index is -3.95. The molecule has 0 bridgehead atoms. The molecular weight excluding hydrogens is 420 g/mol. The van der Waals surface area contributed by atoms with Crippen LogP contribution in [-0.4, -0.2) is 51.0 Å². The minimum absolute atomic E-state index is 0.00744. The van der Waals surface area contributed by atoms with E-state index >= 15 is 0 Å². The number of ether oxygens (including phenoxy) is 2. The first-order chi connectivity index (χ1) is 14.6. The second-order valence-electron chi connectivity index (χ2n) is 7.39. The summed E-state index contributed by atoms with van der Waals surface area (Å²) in [7, 11) is -2.47. The van der Waals surface area contributed by atoms with Crippen molar-refractivity contribution in [1.82, 2.24) is 4.90 Å². The van der Waals surface area contributed by atoms with Crippen LogP contribution in [0.4, 0.5) is 5.69 Å². The molecule has 1 amide bonds. The maximum absolute atomic E-state index is 12.7. The van der Waals surface area contributed by atoms with Crippen molar-refractivity contribution in [2.45, 2.75) is 44.7 Å². The quantitative estimate of drug-likeness (QED) is 0.591. The molecule has 0 radical (unpaired) electrons. The summed E-state index contributed by atoms with van der Waals surface area (Å²) in [6, 6.07) is 11.8. The lowest BCUT2D eigenvalue weighted by molar-refractivity contribution is -0.138. The molecule has 0 atom stereocenters. The number of hydrogen-bond donors (Lipinski definition) is 1. The third kappa shape index (κ3) is 6.21. The summed E-state index contributed by atoms with van der Waals surface area (Å²) in [5, 5.41) is 0. The number of para-hydroxylation sites is 1. The van der Waals surface area contributed by atoms with E-state index in [0.29, 0.717) is 5.75 Å². The zero-order chi connectivity index (χ0) is 23.2. The largest absolute Gasteiger partial charge is 0.497 e. The van der Waals surface area contributed by atoms with Crippen LogP contribution in [0.3, 0.4) is 0 Å². The Bertz CT molecular complexity index is 1010. The van der Waals surface area contributed by atoms with Crippen molar-refractivity contribution in [3.63, 3.8) is 0 Å². The van der Waals surface area contributed by atoms with Crippen LogP contribution in [0.5, 0.6) is 5.75 Å². The molecule has 9 heteroatoms. The SMILES string of the molecule is COc1ccc(S(=O)(=O)Nc2ccccc2C(=O)OCC(=O)N(C(C)C)C(C)C)cc1. The number of amides is 1. The average molecular weight is 449 g/mol. The Morgan fingerprint density at radius 3 is 2.10 bits per heavy atom. The number of anilines is 1. The van der Waals surface area contributed by atoms with Gasteiger partial charge in [0.1, 0.15) is 5.75 Å². The highest BCUT2D eigenvalue weighted by Crippen LogP contribution is 2.22. The lowest BCUT2D eigenvalue weighted by atomic mass is 10.2. The normalized spacial score (nSPS) is 11.3. The summed E-state index contributed by atoms with van der Waals surface area (Å²) >= 11 is 0. The van der Waals surface area contributed by atoms with Gasteiger partial charge in [-0.3, -0.25) is 9.52 Å². The van der Waals surface area contributed by atoms with Crippen LogP contribution in [0, 0.1) is 0 Å². The van der Waals surface area contributed by atoms with Crippen molar-refractivity contribution in [3.8, 4) is 5.75 Å². The molecule has 31 heavy (non-hydrogen) atoms. The van der Waals surface area contributed by atoms with Gasteiger partial charge in [-0.1, -0.05) is 12.1 Å². The van der Waals surface area contributed by atoms with E-state index in [2.05, 4.69) is 4.72 Å². The Kier molecular flexibility index (Phi) is 8.04. The first kappa shape index (κ1) is 24.2. The standard InChI is InChI=1S/C22H28N2O6S/c1-15(2)24(16(3)4)21(25)14-30-22(26)19-8-6-7-9-20(19)23-31(27,28)18-12-10-17(29-5)11-13-18/h6-13,15-16,23H,14H2,1-5H3. The third-order valence-electron chi connectivity index (χ3n) is 4.49. The predicted molar refractivity (Wildman–Crippen MR) is 118 cm³/mol. The highest BCUT2D eigenvalue weighted by molar-refractivity contribution is 7.92. The highest BCUT2D eigenvalue weighted by atomic mass is 32.2. The lowest BCUT2D eigenvalue weighted by Crippen LogP contribution is -2.44. The topological polar surface area (TPSA) is 102 Å². The number of sulfonamides is 1. The average Bonchev–Trinajstić information content (AvgIpc) is 2.71. The van der Waals surface area contributed by atoms with Crippen LogP contribution < -0.4 is 9.46 Å². The minimum Gasteiger partial charge on any atom is -0.497 e. The molecular formula is C22H28N2O6S. The molecule has 2 aromatic rings. The van der Waals surface area contributed by atoms with Gasteiger partial charge >= 0.3 is 5.97 Å². The van der Waals surface area contributed by atoms with Crippen LogP contribution >= 0.6 is 0 Å². The van der Waals surface area contributed by atoms with Crippen LogP contribution in [-0.2, 0) is 19.6 Å². The van der Waals surface area contributed by atoms with E-state index in [-0.39, 0.29) is 34.1 Å². The zero-order valence-corrected chi connectivity index (χ0v) is 19.1. The Morgan fingerprint density at radius 2 is 1.55 bits per heavy atom. The number of rotatable bonds is 9. The van der Waals surface area contributed by atoms with Crippen LogP contribution in [0.1, 0.15) is 38.1 Å². The summed E-state index contributed by atoms with van der Waals surface area (Å²) in [5.41, 5.74) is 0.0633. The summed E-state index contributed by atoms with van der Waals surface area (Å²) in [6.07, 6.45) is 0. The number of carbonyl (C=O) groups excluding carboxylic acids is 2. The molecule has 0 aliphatic rings. The molecule has 0 aliphatic heterocycles. The molecule has 2 aromatic carbocycles. The summed E-state index contributed by atoms with van der Waals surface area (Å²) in [6.45, 7) is 7.08. The number of nitrogens with zero attached hydrogens (tertiary/aromatic N) is 1. The third-order valence-corrected chi connectivity index (χ3v) is 5.87. The Balaban J connectivity index is 2.17. The van der Waals surface area contributed by atoms with Gasteiger partial charge in [0.05, 0.1) is 23.3 Å². The fraction of sp³-hybridized carbons (Fsp3) is 0.364. The van der Waals surface area contributed by atoms with Gasteiger partial charge in [-0.05, 0) is 64.1 Å². The molecule has 0 spiro atoms. The van der Waals surface area contributed by atoms with Gasteiger partial charge in [-0.25, -0.2) is 13.2 Å². The van der Waals surface area contributed by atoms with Gasteiger partial charge < -0.3 is 14.4 Å². The molecule has 8 nitrogen and oxygen atoms in total. The first-order valence-electron chi connectivity index (χ1n) is 9.81. The zero-order valence-electron chi connectivity index (χ0n) is 18.3. The number of hydrogen-bond acceptors (Lipinski definition) is 6. The van der Waals surface area contributed by atoms with Crippen molar-refractivity contribution >= 4 is 27.6 Å². The molecule has 1 N–H and O–H groups in total. The van der Waals surface area contributed by atoms with Crippen molar-refractivity contribution in [2.24, 2.45) is 0 Å². The van der Waals surface area contributed by atoms with Crippen LogP contribution in [0.2, 0.25) is 0 Å². The smallest absolute Gasteiger partial charge is 0.340 e. The van der Waals surface area contributed by atoms with E-state index in [0.717, 1.165) is 0 Å². The van der Waals surface area contributed by atoms with E-state index in [1.165, 1.54) is 43.5 Å². The maximum Gasteiger partial charge on any atom is 0.340 e. The number of carbonyl (C=O) groups is 2. The number of methoxy groups -OCH3 is 1. The molecule has 0 aromatic heterocycles. The van der Waals surface area contributed by atoms with Gasteiger partial charge in [0.2, 0.25) is 0 Å². The number of nitrogens with one attached hydrogen (secondary N) is 1. The molecule has 2 rings (SSSR count). The van der Waals surface area contributed by atoms with Gasteiger partial charge in [0.25, 0.3) is 15.9 Å². The summed E-state index contributed by atoms with van der Waals surface area (Å²) < 4.78 is 38.1. The number of esters is 1. The van der Waals surface area contributed by atoms with E-state index in [9.17, 15) is 18.0 Å². The second kappa shape index (κ2) is 10.3. The molecule has 0 aliphatic carbocycles. The van der Waals surface area contributed by atoms with Crippen molar-refractivity contribution in [2.75, 3.05) is 18.4 Å². The van der Waals surface area contributed by atoms with Crippen LogP contribution in [0.15, 0.2) is 53.4 Å². The van der Waals surface area contributed by atoms with E-state index in [1.807, 2.05) is 27.7 Å². The molecule has 0 heterocycles. The summed E-state index contributed by atoms with van der Waals surface area (Å²) in [4.78, 5) is 26.7. The fourth-order valence-electron chi connectivity index (χ4n) is 3.16. The fourth-order valence-corrected chi connectivity index (χ4v) is 4.24. The maximum atomic E-state index is 12.7.